The highest BCUT2D eigenvalue weighted by molar-refractivity contribution is 5.71. The van der Waals surface area contributed by atoms with E-state index in [9.17, 15) is 9.59 Å². The van der Waals surface area contributed by atoms with E-state index >= 15 is 0 Å². The van der Waals surface area contributed by atoms with Gasteiger partial charge in [0.1, 0.15) is 6.61 Å². The van der Waals surface area contributed by atoms with Crippen molar-refractivity contribution in [2.75, 3.05) is 0 Å². The van der Waals surface area contributed by atoms with E-state index in [4.69, 9.17) is 9.84 Å². The van der Waals surface area contributed by atoms with E-state index < -0.39 is 5.97 Å². The van der Waals surface area contributed by atoms with Crippen molar-refractivity contribution in [3.63, 3.8) is 0 Å². The lowest BCUT2D eigenvalue weighted by molar-refractivity contribution is -0.148. The van der Waals surface area contributed by atoms with Crippen molar-refractivity contribution in [3.05, 3.63) is 78.7 Å². The molecule has 1 N–H and O–H groups in total. The van der Waals surface area contributed by atoms with Crippen LogP contribution in [0.2, 0.25) is 0 Å². The average Bonchev–Trinajstić information content (AvgIpc) is 2.62. The van der Waals surface area contributed by atoms with Crippen LogP contribution in [0.1, 0.15) is 44.7 Å². The van der Waals surface area contributed by atoms with E-state index in [2.05, 4.69) is 6.92 Å². The molecule has 26 heavy (non-hydrogen) atoms. The molecule has 2 rings (SSSR count). The first-order valence-electron chi connectivity index (χ1n) is 8.66. The molecular formula is C22H29O4. The summed E-state index contributed by atoms with van der Waals surface area (Å²) in [6.07, 6.45) is 1.02. The lowest BCUT2D eigenvalue weighted by Crippen LogP contribution is -2.11. The molecule has 1 radical (unpaired) electrons. The van der Waals surface area contributed by atoms with Crippen molar-refractivity contribution in [2.45, 2.75) is 40.2 Å². The van der Waals surface area contributed by atoms with E-state index in [0.717, 1.165) is 17.5 Å². The van der Waals surface area contributed by atoms with Crippen molar-refractivity contribution in [2.24, 2.45) is 5.92 Å². The predicted molar refractivity (Wildman–Crippen MR) is 105 cm³/mol. The Balaban J connectivity index is 0.000000405. The van der Waals surface area contributed by atoms with Crippen LogP contribution in [0.4, 0.5) is 0 Å². The Morgan fingerprint density at radius 1 is 1.00 bits per heavy atom. The number of esters is 1. The topological polar surface area (TPSA) is 63.6 Å². The maximum Gasteiger partial charge on any atom is 0.308 e. The van der Waals surface area contributed by atoms with Gasteiger partial charge in [0.05, 0.1) is 5.92 Å². The molecule has 0 amide bonds. The summed E-state index contributed by atoms with van der Waals surface area (Å²) in [6, 6.07) is 19.5. The first-order valence-corrected chi connectivity index (χ1v) is 8.66. The number of carbonyl (C=O) groups excluding carboxylic acids is 1. The highest BCUT2D eigenvalue weighted by Gasteiger charge is 2.07. The van der Waals surface area contributed by atoms with Crippen molar-refractivity contribution < 1.29 is 19.4 Å². The molecule has 0 spiro atoms. The number of carboxylic acid groups (broad SMARTS) is 1. The second-order valence-electron chi connectivity index (χ2n) is 5.88. The molecular weight excluding hydrogens is 328 g/mol. The lowest BCUT2D eigenvalue weighted by atomic mass is 10.2. The van der Waals surface area contributed by atoms with Crippen LogP contribution in [0.5, 0.6) is 0 Å². The van der Waals surface area contributed by atoms with Gasteiger partial charge in [0.25, 0.3) is 0 Å². The van der Waals surface area contributed by atoms with Gasteiger partial charge in [-0.2, -0.15) is 0 Å². The summed E-state index contributed by atoms with van der Waals surface area (Å²) in [6.45, 7) is 9.59. The van der Waals surface area contributed by atoms with Gasteiger partial charge in [-0.1, -0.05) is 81.4 Å². The van der Waals surface area contributed by atoms with Crippen LogP contribution in [0.3, 0.4) is 0 Å². The van der Waals surface area contributed by atoms with Gasteiger partial charge in [0.15, 0.2) is 0 Å². The molecule has 0 aliphatic carbocycles. The molecule has 0 unspecified atom stereocenters. The van der Waals surface area contributed by atoms with E-state index in [-0.39, 0.29) is 11.9 Å². The van der Waals surface area contributed by atoms with Gasteiger partial charge in [-0.3, -0.25) is 9.59 Å². The van der Waals surface area contributed by atoms with Crippen LogP contribution in [0, 0.1) is 12.8 Å². The molecule has 0 saturated heterocycles. The Kier molecular flexibility index (Phi) is 13.2. The van der Waals surface area contributed by atoms with Crippen LogP contribution < -0.4 is 0 Å². The number of rotatable bonds is 5. The largest absolute Gasteiger partial charge is 0.481 e. The first kappa shape index (κ1) is 23.4. The number of aliphatic carboxylic acids is 1. The fraction of sp³-hybridized carbons (Fsp3) is 0.318. The zero-order valence-electron chi connectivity index (χ0n) is 15.9. The highest BCUT2D eigenvalue weighted by atomic mass is 16.5. The van der Waals surface area contributed by atoms with Gasteiger partial charge in [-0.05, 0) is 24.5 Å². The maximum absolute atomic E-state index is 11.1. The molecule has 0 aliphatic rings. The molecule has 0 saturated carbocycles. The van der Waals surface area contributed by atoms with Crippen molar-refractivity contribution in [3.8, 4) is 0 Å². The molecule has 0 atom stereocenters. The Bertz CT molecular complexity index is 607. The zero-order valence-corrected chi connectivity index (χ0v) is 15.9. The number of benzene rings is 2. The summed E-state index contributed by atoms with van der Waals surface area (Å²) < 4.78 is 5.05. The zero-order chi connectivity index (χ0) is 19.8. The third kappa shape index (κ3) is 13.8. The van der Waals surface area contributed by atoms with Crippen LogP contribution >= 0.6 is 0 Å². The lowest BCUT2D eigenvalue weighted by Gasteiger charge is -2.06. The third-order valence-electron chi connectivity index (χ3n) is 3.00. The van der Waals surface area contributed by atoms with Crippen LogP contribution in [-0.2, 0) is 20.9 Å². The minimum absolute atomic E-state index is 0.0521. The molecule has 0 fully saturated rings. The Labute approximate surface area is 156 Å². The molecule has 0 aliphatic heterocycles. The quantitative estimate of drug-likeness (QED) is 0.754. The van der Waals surface area contributed by atoms with E-state index in [1.807, 2.05) is 81.4 Å². The van der Waals surface area contributed by atoms with Gasteiger partial charge in [-0.25, -0.2) is 0 Å². The summed E-state index contributed by atoms with van der Waals surface area (Å²) in [4.78, 5) is 20.7. The number of hydrogen-bond donors (Lipinski definition) is 1. The highest BCUT2D eigenvalue weighted by Crippen LogP contribution is 2.03. The van der Waals surface area contributed by atoms with Crippen LogP contribution in [0.25, 0.3) is 0 Å². The smallest absolute Gasteiger partial charge is 0.308 e. The standard InChI is InChI=1S/C11H14O2.C7H7.C4H8O2/c1-9(2)11(12)13-8-10-6-4-3-5-7-10;1-7-5-3-2-4-6-7;1-2-3-4(5)6/h3-7,9H,8H2,1-2H3;2-6H,1H2;2-3H2,1H3,(H,5,6). The molecule has 141 valence electrons. The van der Waals surface area contributed by atoms with Gasteiger partial charge in [0, 0.05) is 6.42 Å². The van der Waals surface area contributed by atoms with Crippen molar-refractivity contribution in [1.29, 1.82) is 0 Å². The number of carbonyl (C=O) groups is 2. The molecule has 2 aromatic rings. The fourth-order valence-electron chi connectivity index (χ4n) is 1.59. The molecule has 0 aromatic heterocycles. The monoisotopic (exact) mass is 357 g/mol. The summed E-state index contributed by atoms with van der Waals surface area (Å²) >= 11 is 0. The van der Waals surface area contributed by atoms with Gasteiger partial charge in [0.2, 0.25) is 0 Å². The number of hydrogen-bond acceptors (Lipinski definition) is 3. The van der Waals surface area contributed by atoms with E-state index in [1.54, 1.807) is 0 Å². The fourth-order valence-corrected chi connectivity index (χ4v) is 1.59. The Morgan fingerprint density at radius 3 is 1.81 bits per heavy atom. The van der Waals surface area contributed by atoms with Crippen molar-refractivity contribution in [1.82, 2.24) is 0 Å². The second kappa shape index (κ2) is 14.7. The first-order chi connectivity index (χ1) is 12.4. The predicted octanol–water partition coefficient (Wildman–Crippen LogP) is 5.13. The molecule has 2 aromatic carbocycles. The SMILES string of the molecule is CC(C)C(=O)OCc1ccccc1.CCCC(=O)O.[CH2]c1ccccc1. The van der Waals surface area contributed by atoms with Crippen LogP contribution in [-0.4, -0.2) is 17.0 Å². The third-order valence-corrected chi connectivity index (χ3v) is 3.00. The summed E-state index contributed by atoms with van der Waals surface area (Å²) in [5.74, 6) is -0.912. The van der Waals surface area contributed by atoms with Gasteiger partial charge in [-0.15, -0.1) is 0 Å². The summed E-state index contributed by atoms with van der Waals surface area (Å²) in [5.41, 5.74) is 2.10. The summed E-state index contributed by atoms with van der Waals surface area (Å²) in [5, 5.41) is 7.91. The Hall–Kier alpha value is -2.62. The molecule has 4 heteroatoms. The van der Waals surface area contributed by atoms with Gasteiger partial charge >= 0.3 is 11.9 Å². The molecule has 0 heterocycles. The van der Waals surface area contributed by atoms with E-state index in [1.165, 1.54) is 0 Å². The average molecular weight is 357 g/mol. The normalized spacial score (nSPS) is 9.27. The number of carboxylic acids is 1. The molecule has 0 bridgehead atoms. The minimum Gasteiger partial charge on any atom is -0.481 e. The minimum atomic E-state index is -0.711. The maximum atomic E-state index is 11.1. The second-order valence-corrected chi connectivity index (χ2v) is 5.88. The molecule has 4 nitrogen and oxygen atoms in total. The van der Waals surface area contributed by atoms with Crippen LogP contribution in [0.15, 0.2) is 60.7 Å². The van der Waals surface area contributed by atoms with Gasteiger partial charge < -0.3 is 9.84 Å². The Morgan fingerprint density at radius 2 is 1.50 bits per heavy atom. The number of ether oxygens (including phenoxy) is 1. The van der Waals surface area contributed by atoms with E-state index in [0.29, 0.717) is 13.0 Å². The van der Waals surface area contributed by atoms with Crippen molar-refractivity contribution >= 4 is 11.9 Å². The summed E-state index contributed by atoms with van der Waals surface area (Å²) in [7, 11) is 0.